The molecule has 3 fully saturated rings. The van der Waals surface area contributed by atoms with Crippen molar-refractivity contribution in [3.05, 3.63) is 63.6 Å². The molecule has 3 aliphatic rings. The lowest BCUT2D eigenvalue weighted by molar-refractivity contribution is -0.0643. The van der Waals surface area contributed by atoms with Gasteiger partial charge < -0.3 is 9.88 Å². The minimum Gasteiger partial charge on any atom is -0.337 e. The summed E-state index contributed by atoms with van der Waals surface area (Å²) in [7, 11) is 0. The van der Waals surface area contributed by atoms with Crippen molar-refractivity contribution >= 4 is 5.91 Å². The van der Waals surface area contributed by atoms with Crippen LogP contribution in [0, 0.1) is 24.6 Å². The summed E-state index contributed by atoms with van der Waals surface area (Å²) in [5, 5.41) is 0. The molecular formula is C24H29FN4O2. The third-order valence-electron chi connectivity index (χ3n) is 7.34. The number of likely N-dealkylation sites (tertiary alicyclic amines) is 1. The molecule has 0 unspecified atom stereocenters. The number of rotatable bonds is 3. The van der Waals surface area contributed by atoms with Gasteiger partial charge >= 0.3 is 5.69 Å². The molecule has 31 heavy (non-hydrogen) atoms. The summed E-state index contributed by atoms with van der Waals surface area (Å²) in [4.78, 5) is 36.1. The number of carbonyl (C=O) groups excluding carboxylic acids is 1. The number of fused-ring (bicyclic) bond motifs is 4. The summed E-state index contributed by atoms with van der Waals surface area (Å²) < 4.78 is 13.8. The molecule has 0 saturated carbocycles. The molecule has 0 aliphatic carbocycles. The zero-order chi connectivity index (χ0) is 21.5. The lowest BCUT2D eigenvalue weighted by atomic mass is 9.71. The van der Waals surface area contributed by atoms with Crippen LogP contribution < -0.4 is 5.69 Å². The van der Waals surface area contributed by atoms with E-state index in [1.165, 1.54) is 18.9 Å². The molecule has 3 aliphatic heterocycles. The van der Waals surface area contributed by atoms with Gasteiger partial charge in [-0.2, -0.15) is 4.98 Å². The highest BCUT2D eigenvalue weighted by Crippen LogP contribution is 2.42. The number of benzene rings is 1. The third kappa shape index (κ3) is 4.03. The first-order chi connectivity index (χ1) is 15.0. The lowest BCUT2D eigenvalue weighted by Crippen LogP contribution is -2.64. The van der Waals surface area contributed by atoms with E-state index < -0.39 is 5.69 Å². The fraction of sp³-hybridized carbons (Fsp3) is 0.542. The third-order valence-corrected chi connectivity index (χ3v) is 7.34. The van der Waals surface area contributed by atoms with Crippen molar-refractivity contribution in [2.24, 2.45) is 11.8 Å². The van der Waals surface area contributed by atoms with Crippen LogP contribution in [-0.4, -0.2) is 57.4 Å². The van der Waals surface area contributed by atoms with Gasteiger partial charge in [0.15, 0.2) is 0 Å². The Hall–Kier alpha value is -2.54. The Balaban J connectivity index is 1.43. The molecule has 5 rings (SSSR count). The highest BCUT2D eigenvalue weighted by molar-refractivity contribution is 5.92. The second-order valence-corrected chi connectivity index (χ2v) is 9.42. The zero-order valence-corrected chi connectivity index (χ0v) is 17.9. The van der Waals surface area contributed by atoms with Crippen LogP contribution in [0.2, 0.25) is 0 Å². The average molecular weight is 425 g/mol. The number of piperidine rings is 3. The summed E-state index contributed by atoms with van der Waals surface area (Å²) in [5.74, 6) is 0.425. The summed E-state index contributed by atoms with van der Waals surface area (Å²) in [6.07, 6.45) is 5.48. The summed E-state index contributed by atoms with van der Waals surface area (Å²) in [6, 6.07) is 9.33. The van der Waals surface area contributed by atoms with Crippen LogP contribution in [0.5, 0.6) is 0 Å². The van der Waals surface area contributed by atoms with Crippen LogP contribution in [0.1, 0.15) is 47.4 Å². The van der Waals surface area contributed by atoms with Crippen LogP contribution in [0.15, 0.2) is 35.1 Å². The quantitative estimate of drug-likeness (QED) is 0.823. The highest BCUT2D eigenvalue weighted by Gasteiger charge is 2.48. The van der Waals surface area contributed by atoms with E-state index in [2.05, 4.69) is 14.9 Å². The first-order valence-electron chi connectivity index (χ1n) is 11.4. The summed E-state index contributed by atoms with van der Waals surface area (Å²) >= 11 is 0. The number of carbonyl (C=O) groups is 1. The molecule has 1 aromatic heterocycles. The Morgan fingerprint density at radius 3 is 2.87 bits per heavy atom. The maximum atomic E-state index is 13.8. The topological polar surface area (TPSA) is 69.3 Å². The van der Waals surface area contributed by atoms with Gasteiger partial charge in [0.25, 0.3) is 5.91 Å². The minimum absolute atomic E-state index is 0.155. The van der Waals surface area contributed by atoms with Crippen LogP contribution in [0.4, 0.5) is 4.39 Å². The van der Waals surface area contributed by atoms with Gasteiger partial charge in [-0.25, -0.2) is 9.18 Å². The van der Waals surface area contributed by atoms with Crippen molar-refractivity contribution in [1.82, 2.24) is 19.8 Å². The Kier molecular flexibility index (Phi) is 5.38. The van der Waals surface area contributed by atoms with Crippen LogP contribution >= 0.6 is 0 Å². The predicted molar refractivity (Wildman–Crippen MR) is 115 cm³/mol. The van der Waals surface area contributed by atoms with Gasteiger partial charge in [-0.1, -0.05) is 18.6 Å². The van der Waals surface area contributed by atoms with E-state index in [4.69, 9.17) is 0 Å². The molecule has 0 spiro atoms. The average Bonchev–Trinajstić information content (AvgIpc) is 2.75. The SMILES string of the molecule is Cc1cc(C(=O)N2C[C@H]3C[C@@H](C2)[C@H](Cc2cccc(F)c2)N2CCCC[C@@H]32)nc(=O)[nH]1. The number of aryl methyl sites for hydroxylation is 1. The van der Waals surface area contributed by atoms with E-state index in [-0.39, 0.29) is 17.4 Å². The van der Waals surface area contributed by atoms with Crippen molar-refractivity contribution in [2.45, 2.75) is 51.1 Å². The number of H-pyrrole nitrogens is 1. The van der Waals surface area contributed by atoms with Crippen molar-refractivity contribution in [3.63, 3.8) is 0 Å². The van der Waals surface area contributed by atoms with Gasteiger partial charge in [0.05, 0.1) is 0 Å². The Bertz CT molecular complexity index is 1040. The summed E-state index contributed by atoms with van der Waals surface area (Å²) in [6.45, 7) is 4.23. The van der Waals surface area contributed by atoms with E-state index in [9.17, 15) is 14.0 Å². The molecule has 2 bridgehead atoms. The van der Waals surface area contributed by atoms with Crippen molar-refractivity contribution < 1.29 is 9.18 Å². The van der Waals surface area contributed by atoms with Crippen molar-refractivity contribution in [1.29, 1.82) is 0 Å². The van der Waals surface area contributed by atoms with E-state index in [0.29, 0.717) is 36.2 Å². The predicted octanol–water partition coefficient (Wildman–Crippen LogP) is 2.78. The molecule has 4 atom stereocenters. The normalized spacial score (nSPS) is 28.3. The number of aromatic amines is 1. The molecule has 1 amide bonds. The minimum atomic E-state index is -0.483. The number of amides is 1. The van der Waals surface area contributed by atoms with E-state index in [1.54, 1.807) is 25.1 Å². The van der Waals surface area contributed by atoms with Crippen molar-refractivity contribution in [2.75, 3.05) is 19.6 Å². The molecular weight excluding hydrogens is 395 g/mol. The van der Waals surface area contributed by atoms with Crippen LogP contribution in [-0.2, 0) is 6.42 Å². The number of aromatic nitrogens is 2. The molecule has 7 heteroatoms. The molecule has 164 valence electrons. The Labute approximate surface area is 181 Å². The monoisotopic (exact) mass is 424 g/mol. The molecule has 0 radical (unpaired) electrons. The number of hydrogen-bond donors (Lipinski definition) is 1. The maximum Gasteiger partial charge on any atom is 0.345 e. The molecule has 1 aromatic carbocycles. The lowest BCUT2D eigenvalue weighted by Gasteiger charge is -2.57. The second kappa shape index (κ2) is 8.19. The van der Waals surface area contributed by atoms with Crippen LogP contribution in [0.3, 0.4) is 0 Å². The number of nitrogens with one attached hydrogen (secondary N) is 1. The first-order valence-corrected chi connectivity index (χ1v) is 11.4. The van der Waals surface area contributed by atoms with Crippen molar-refractivity contribution in [3.8, 4) is 0 Å². The Morgan fingerprint density at radius 1 is 1.23 bits per heavy atom. The molecule has 6 nitrogen and oxygen atoms in total. The van der Waals surface area contributed by atoms with E-state index >= 15 is 0 Å². The molecule has 3 saturated heterocycles. The number of hydrogen-bond acceptors (Lipinski definition) is 4. The second-order valence-electron chi connectivity index (χ2n) is 9.42. The van der Waals surface area contributed by atoms with Gasteiger partial charge in [-0.05, 0) is 74.8 Å². The van der Waals surface area contributed by atoms with Gasteiger partial charge in [-0.3, -0.25) is 9.69 Å². The van der Waals surface area contributed by atoms with Gasteiger partial charge in [-0.15, -0.1) is 0 Å². The molecule has 4 heterocycles. The largest absolute Gasteiger partial charge is 0.345 e. The maximum absolute atomic E-state index is 13.8. The highest BCUT2D eigenvalue weighted by atomic mass is 19.1. The zero-order valence-electron chi connectivity index (χ0n) is 17.9. The van der Waals surface area contributed by atoms with E-state index in [1.807, 2.05) is 11.0 Å². The fourth-order valence-corrected chi connectivity index (χ4v) is 6.11. The van der Waals surface area contributed by atoms with Gasteiger partial charge in [0, 0.05) is 30.9 Å². The van der Waals surface area contributed by atoms with E-state index in [0.717, 1.165) is 37.9 Å². The standard InChI is InChI=1S/C24H29FN4O2/c1-15-9-20(27-24(31)26-15)23(30)28-13-17-12-18(14-28)22(29-8-3-2-7-21(17)29)11-16-5-4-6-19(25)10-16/h4-6,9-10,17-18,21-22H,2-3,7-8,11-14H2,1H3,(H,26,27,31)/t17-,18+,21+,22+/m1/s1. The fourth-order valence-electron chi connectivity index (χ4n) is 6.11. The summed E-state index contributed by atoms with van der Waals surface area (Å²) in [5.41, 5.74) is 1.40. The molecule has 2 aromatic rings. The first kappa shape index (κ1) is 20.4. The van der Waals surface area contributed by atoms with Crippen LogP contribution in [0.25, 0.3) is 0 Å². The van der Waals surface area contributed by atoms with Gasteiger partial charge in [0.2, 0.25) is 0 Å². The Morgan fingerprint density at radius 2 is 2.06 bits per heavy atom. The van der Waals surface area contributed by atoms with Gasteiger partial charge in [0.1, 0.15) is 11.5 Å². The number of halogens is 1. The molecule has 1 N–H and O–H groups in total. The number of nitrogens with zero attached hydrogens (tertiary/aromatic N) is 3. The smallest absolute Gasteiger partial charge is 0.337 e.